The molecular formula is C27H22N4O2S. The fourth-order valence-corrected chi connectivity index (χ4v) is 5.53. The van der Waals surface area contributed by atoms with Gasteiger partial charge in [-0.05, 0) is 54.2 Å². The van der Waals surface area contributed by atoms with E-state index >= 15 is 0 Å². The summed E-state index contributed by atoms with van der Waals surface area (Å²) in [5.74, 6) is 0.796. The van der Waals surface area contributed by atoms with Gasteiger partial charge in [-0.1, -0.05) is 66.4 Å². The summed E-state index contributed by atoms with van der Waals surface area (Å²) in [6.07, 6.45) is 3.30. The Bertz CT molecular complexity index is 1600. The molecule has 6 nitrogen and oxygen atoms in total. The molecule has 1 aliphatic rings. The van der Waals surface area contributed by atoms with E-state index in [2.05, 4.69) is 16.3 Å². The van der Waals surface area contributed by atoms with Gasteiger partial charge in [0.1, 0.15) is 0 Å². The average Bonchev–Trinajstić information content (AvgIpc) is 3.52. The number of Topliss-reactive ketones (excluding diaryl/α,β-unsaturated/α-hetero) is 1. The first kappa shape index (κ1) is 20.9. The fraction of sp³-hybridized carbons (Fsp3) is 0.185. The van der Waals surface area contributed by atoms with Crippen molar-refractivity contribution >= 4 is 34.2 Å². The van der Waals surface area contributed by atoms with Gasteiger partial charge in [-0.15, -0.1) is 10.2 Å². The maximum Gasteiger partial charge on any atom is 0.263 e. The number of rotatable bonds is 6. The van der Waals surface area contributed by atoms with Gasteiger partial charge in [-0.3, -0.25) is 18.6 Å². The molecule has 0 spiro atoms. The monoisotopic (exact) mass is 466 g/mol. The molecule has 0 bridgehead atoms. The maximum absolute atomic E-state index is 13.3. The van der Waals surface area contributed by atoms with Gasteiger partial charge < -0.3 is 0 Å². The number of thioether (sulfide) groups is 1. The van der Waals surface area contributed by atoms with E-state index < -0.39 is 0 Å². The van der Waals surface area contributed by atoms with Crippen LogP contribution in [0.5, 0.6) is 0 Å². The highest BCUT2D eigenvalue weighted by molar-refractivity contribution is 7.99. The number of hydrogen-bond donors (Lipinski definition) is 0. The molecule has 0 saturated heterocycles. The zero-order valence-corrected chi connectivity index (χ0v) is 19.3. The number of aryl methyl sites for hydroxylation is 2. The number of fused-ring (bicyclic) bond motifs is 4. The summed E-state index contributed by atoms with van der Waals surface area (Å²) >= 11 is 1.35. The Labute approximate surface area is 200 Å². The standard InChI is InChI=1S/C27H22N4O2S/c32-24(21-14-13-19-9-6-10-20(19)15-21)17-34-27-29-28-26-30(16-18-7-2-1-3-8-18)25(33)22-11-4-5-12-23(22)31(26)27/h1-5,7-8,11-15H,6,9-10,16-17H2. The molecule has 0 amide bonds. The highest BCUT2D eigenvalue weighted by Gasteiger charge is 2.19. The third-order valence-electron chi connectivity index (χ3n) is 6.41. The van der Waals surface area contributed by atoms with Gasteiger partial charge in [0.15, 0.2) is 10.9 Å². The van der Waals surface area contributed by atoms with Gasteiger partial charge in [-0.2, -0.15) is 0 Å². The zero-order chi connectivity index (χ0) is 23.1. The number of nitrogens with zero attached hydrogens (tertiary/aromatic N) is 4. The molecule has 1 aliphatic carbocycles. The van der Waals surface area contributed by atoms with E-state index in [9.17, 15) is 9.59 Å². The molecule has 3 aromatic carbocycles. The smallest absolute Gasteiger partial charge is 0.263 e. The third kappa shape index (κ3) is 3.62. The molecule has 0 aliphatic heterocycles. The number of ketones is 1. The lowest BCUT2D eigenvalue weighted by Crippen LogP contribution is -2.24. The van der Waals surface area contributed by atoms with Crippen molar-refractivity contribution in [3.63, 3.8) is 0 Å². The SMILES string of the molecule is O=C(CSc1nnc2n(Cc3ccccc3)c(=O)c3ccccc3n12)c1ccc2c(c1)CCC2. The van der Waals surface area contributed by atoms with Crippen LogP contribution in [0.15, 0.2) is 82.7 Å². The lowest BCUT2D eigenvalue weighted by Gasteiger charge is -2.11. The molecule has 0 N–H and O–H groups in total. The van der Waals surface area contributed by atoms with Crippen LogP contribution in [-0.2, 0) is 19.4 Å². The van der Waals surface area contributed by atoms with Gasteiger partial charge in [0.05, 0.1) is 23.2 Å². The Hall–Kier alpha value is -3.71. The van der Waals surface area contributed by atoms with Crippen molar-refractivity contribution in [1.82, 2.24) is 19.2 Å². The zero-order valence-electron chi connectivity index (χ0n) is 18.5. The molecule has 7 heteroatoms. The first-order chi connectivity index (χ1) is 16.7. The van der Waals surface area contributed by atoms with E-state index in [0.717, 1.165) is 35.9 Å². The highest BCUT2D eigenvalue weighted by Crippen LogP contribution is 2.26. The molecule has 0 radical (unpaired) electrons. The molecule has 6 rings (SSSR count). The van der Waals surface area contributed by atoms with Crippen LogP contribution in [0.3, 0.4) is 0 Å². The van der Waals surface area contributed by atoms with Crippen LogP contribution >= 0.6 is 11.8 Å². The molecule has 0 unspecified atom stereocenters. The van der Waals surface area contributed by atoms with Crippen LogP contribution in [-0.4, -0.2) is 30.7 Å². The second-order valence-electron chi connectivity index (χ2n) is 8.56. The summed E-state index contributed by atoms with van der Waals surface area (Å²) in [6, 6.07) is 23.4. The van der Waals surface area contributed by atoms with Gasteiger partial charge in [-0.25, -0.2) is 0 Å². The lowest BCUT2D eigenvalue weighted by atomic mass is 10.0. The first-order valence-corrected chi connectivity index (χ1v) is 12.4. The number of para-hydroxylation sites is 1. The van der Waals surface area contributed by atoms with Crippen molar-refractivity contribution in [2.45, 2.75) is 31.0 Å². The van der Waals surface area contributed by atoms with E-state index in [4.69, 9.17) is 0 Å². The lowest BCUT2D eigenvalue weighted by molar-refractivity contribution is 0.102. The van der Waals surface area contributed by atoms with Crippen LogP contribution in [0.25, 0.3) is 16.7 Å². The highest BCUT2D eigenvalue weighted by atomic mass is 32.2. The van der Waals surface area contributed by atoms with E-state index in [1.54, 1.807) is 4.57 Å². The van der Waals surface area contributed by atoms with Gasteiger partial charge in [0, 0.05) is 5.56 Å². The Balaban J connectivity index is 1.38. The summed E-state index contributed by atoms with van der Waals surface area (Å²) in [5, 5.41) is 9.94. The van der Waals surface area contributed by atoms with Crippen LogP contribution < -0.4 is 5.56 Å². The number of benzene rings is 3. The topological polar surface area (TPSA) is 69.3 Å². The van der Waals surface area contributed by atoms with Gasteiger partial charge in [0.2, 0.25) is 5.78 Å². The second-order valence-corrected chi connectivity index (χ2v) is 9.50. The molecule has 0 atom stereocenters. The van der Waals surface area contributed by atoms with Crippen LogP contribution in [0.4, 0.5) is 0 Å². The predicted molar refractivity (Wildman–Crippen MR) is 134 cm³/mol. The van der Waals surface area contributed by atoms with Crippen molar-refractivity contribution in [1.29, 1.82) is 0 Å². The van der Waals surface area contributed by atoms with E-state index in [1.807, 2.05) is 71.1 Å². The molecule has 34 heavy (non-hydrogen) atoms. The number of hydrogen-bond acceptors (Lipinski definition) is 5. The summed E-state index contributed by atoms with van der Waals surface area (Å²) < 4.78 is 3.54. The van der Waals surface area contributed by atoms with E-state index in [-0.39, 0.29) is 17.1 Å². The minimum atomic E-state index is -0.106. The van der Waals surface area contributed by atoms with E-state index in [0.29, 0.717) is 22.9 Å². The summed E-state index contributed by atoms with van der Waals surface area (Å²) in [7, 11) is 0. The minimum Gasteiger partial charge on any atom is -0.293 e. The Kier molecular flexibility index (Phi) is 5.26. The summed E-state index contributed by atoms with van der Waals surface area (Å²) in [4.78, 5) is 26.3. The molecule has 0 saturated carbocycles. The average molecular weight is 467 g/mol. The third-order valence-corrected chi connectivity index (χ3v) is 7.34. The van der Waals surface area contributed by atoms with E-state index in [1.165, 1.54) is 22.9 Å². The second kappa shape index (κ2) is 8.57. The molecule has 2 aromatic heterocycles. The largest absolute Gasteiger partial charge is 0.293 e. The maximum atomic E-state index is 13.3. The number of carbonyl (C=O) groups is 1. The summed E-state index contributed by atoms with van der Waals surface area (Å²) in [6.45, 7) is 0.394. The van der Waals surface area contributed by atoms with Crippen LogP contribution in [0.1, 0.15) is 33.5 Å². The van der Waals surface area contributed by atoms with Crippen LogP contribution in [0, 0.1) is 0 Å². The Morgan fingerprint density at radius 1 is 0.912 bits per heavy atom. The number of aromatic nitrogens is 4. The normalized spacial score (nSPS) is 12.9. The van der Waals surface area contributed by atoms with Crippen molar-refractivity contribution in [2.24, 2.45) is 0 Å². The quantitative estimate of drug-likeness (QED) is 0.271. The molecule has 0 fully saturated rings. The van der Waals surface area contributed by atoms with Crippen LogP contribution in [0.2, 0.25) is 0 Å². The Morgan fingerprint density at radius 2 is 1.71 bits per heavy atom. The molecular weight excluding hydrogens is 444 g/mol. The van der Waals surface area contributed by atoms with Crippen molar-refractivity contribution in [3.8, 4) is 0 Å². The minimum absolute atomic E-state index is 0.0679. The molecule has 168 valence electrons. The molecule has 2 heterocycles. The van der Waals surface area contributed by atoms with Crippen molar-refractivity contribution in [2.75, 3.05) is 5.75 Å². The number of carbonyl (C=O) groups excluding carboxylic acids is 1. The molecule has 5 aromatic rings. The predicted octanol–water partition coefficient (Wildman–Crippen LogP) is 4.56. The summed E-state index contributed by atoms with van der Waals surface area (Å²) in [5.41, 5.74) is 5.03. The van der Waals surface area contributed by atoms with Crippen molar-refractivity contribution in [3.05, 3.63) is 105 Å². The van der Waals surface area contributed by atoms with Gasteiger partial charge in [0.25, 0.3) is 5.56 Å². The van der Waals surface area contributed by atoms with Crippen molar-refractivity contribution < 1.29 is 4.79 Å². The fourth-order valence-electron chi connectivity index (χ4n) is 4.69. The Morgan fingerprint density at radius 3 is 2.59 bits per heavy atom. The van der Waals surface area contributed by atoms with Gasteiger partial charge >= 0.3 is 0 Å². The first-order valence-electron chi connectivity index (χ1n) is 11.4.